The number of carbonyl (C=O) groups excluding carboxylic acids is 1. The minimum absolute atomic E-state index is 0.119. The molecule has 2 N–H and O–H groups in total. The molecule has 1 heterocycles. The number of rotatable bonds is 8. The van der Waals surface area contributed by atoms with Crippen molar-refractivity contribution in [3.63, 3.8) is 0 Å². The molecule has 1 amide bonds. The summed E-state index contributed by atoms with van der Waals surface area (Å²) in [6.07, 6.45) is 2.01. The Balaban J connectivity index is 1.74. The van der Waals surface area contributed by atoms with Crippen molar-refractivity contribution in [1.82, 2.24) is 9.71 Å². The minimum Gasteiger partial charge on any atom is -0.441 e. The lowest BCUT2D eigenvalue weighted by molar-refractivity contribution is -0.118. The summed E-state index contributed by atoms with van der Waals surface area (Å²) >= 11 is 0. The molecule has 3 aromatic rings. The van der Waals surface area contributed by atoms with Crippen molar-refractivity contribution in [2.24, 2.45) is 5.92 Å². The summed E-state index contributed by atoms with van der Waals surface area (Å²) in [5.41, 5.74) is 2.35. The molecule has 0 aliphatic carbocycles. The van der Waals surface area contributed by atoms with Crippen LogP contribution in [0.3, 0.4) is 0 Å². The average molecular weight is 442 g/mol. The molecule has 0 aliphatic heterocycles. The third-order valence-electron chi connectivity index (χ3n) is 4.71. The molecule has 7 nitrogen and oxygen atoms in total. The standard InChI is InChI=1S/C23H27N3O4S/c1-15(2)13-21(26-31(28,29)20-11-5-16(3)6-12-20)23(27)25-19-9-7-18(8-10-19)22-14-24-17(4)30-22/h5-12,14-15,21,26H,13H2,1-4H3,(H,25,27)/t21-/m0/s1. The van der Waals surface area contributed by atoms with Crippen LogP contribution in [-0.4, -0.2) is 25.4 Å². The molecule has 0 spiro atoms. The van der Waals surface area contributed by atoms with Crippen LogP contribution in [0.5, 0.6) is 0 Å². The van der Waals surface area contributed by atoms with Gasteiger partial charge in [-0.3, -0.25) is 4.79 Å². The highest BCUT2D eigenvalue weighted by Gasteiger charge is 2.26. The molecular formula is C23H27N3O4S. The molecule has 164 valence electrons. The van der Waals surface area contributed by atoms with Crippen molar-refractivity contribution < 1.29 is 17.6 Å². The number of nitrogens with one attached hydrogen (secondary N) is 2. The lowest BCUT2D eigenvalue weighted by atomic mass is 10.0. The lowest BCUT2D eigenvalue weighted by Crippen LogP contribution is -2.44. The number of carbonyl (C=O) groups is 1. The molecule has 31 heavy (non-hydrogen) atoms. The highest BCUT2D eigenvalue weighted by atomic mass is 32.2. The molecule has 3 rings (SSSR count). The summed E-state index contributed by atoms with van der Waals surface area (Å²) in [6.45, 7) is 7.53. The maximum absolute atomic E-state index is 12.9. The zero-order valence-electron chi connectivity index (χ0n) is 18.0. The van der Waals surface area contributed by atoms with Gasteiger partial charge in [0, 0.05) is 18.2 Å². The quantitative estimate of drug-likeness (QED) is 0.543. The fourth-order valence-electron chi connectivity index (χ4n) is 3.09. The maximum Gasteiger partial charge on any atom is 0.242 e. The molecule has 0 saturated carbocycles. The van der Waals surface area contributed by atoms with Crippen LogP contribution in [0.15, 0.2) is 64.0 Å². The number of aryl methyl sites for hydroxylation is 2. The number of anilines is 1. The van der Waals surface area contributed by atoms with Crippen molar-refractivity contribution in [3.8, 4) is 11.3 Å². The van der Waals surface area contributed by atoms with Crippen molar-refractivity contribution in [1.29, 1.82) is 0 Å². The molecule has 1 aromatic heterocycles. The number of oxazole rings is 1. The second-order valence-electron chi connectivity index (χ2n) is 7.93. The van der Waals surface area contributed by atoms with E-state index in [0.717, 1.165) is 11.1 Å². The summed E-state index contributed by atoms with van der Waals surface area (Å²) in [5.74, 6) is 0.921. The van der Waals surface area contributed by atoms with E-state index in [-0.39, 0.29) is 10.8 Å². The first-order valence-corrected chi connectivity index (χ1v) is 11.5. The Hall–Kier alpha value is -2.97. The van der Waals surface area contributed by atoms with Crippen LogP contribution in [0.4, 0.5) is 5.69 Å². The predicted molar refractivity (Wildman–Crippen MR) is 120 cm³/mol. The first kappa shape index (κ1) is 22.7. The van der Waals surface area contributed by atoms with Crippen molar-refractivity contribution in [2.45, 2.75) is 45.1 Å². The van der Waals surface area contributed by atoms with Gasteiger partial charge in [0.25, 0.3) is 0 Å². The third kappa shape index (κ3) is 6.02. The van der Waals surface area contributed by atoms with E-state index in [4.69, 9.17) is 4.42 Å². The van der Waals surface area contributed by atoms with Gasteiger partial charge in [-0.25, -0.2) is 13.4 Å². The average Bonchev–Trinajstić information content (AvgIpc) is 3.14. The first-order valence-electron chi connectivity index (χ1n) is 10.1. The van der Waals surface area contributed by atoms with Gasteiger partial charge in [0.15, 0.2) is 11.7 Å². The van der Waals surface area contributed by atoms with Crippen LogP contribution in [0, 0.1) is 19.8 Å². The maximum atomic E-state index is 12.9. The minimum atomic E-state index is -3.83. The molecule has 0 unspecified atom stereocenters. The number of nitrogens with zero attached hydrogens (tertiary/aromatic N) is 1. The third-order valence-corrected chi connectivity index (χ3v) is 6.20. The fraction of sp³-hybridized carbons (Fsp3) is 0.304. The van der Waals surface area contributed by atoms with E-state index in [1.165, 1.54) is 12.1 Å². The van der Waals surface area contributed by atoms with Gasteiger partial charge < -0.3 is 9.73 Å². The number of hydrogen-bond acceptors (Lipinski definition) is 5. The van der Waals surface area contributed by atoms with E-state index in [9.17, 15) is 13.2 Å². The molecule has 0 aliphatic rings. The van der Waals surface area contributed by atoms with Gasteiger partial charge in [-0.2, -0.15) is 4.72 Å². The van der Waals surface area contributed by atoms with E-state index < -0.39 is 22.0 Å². The van der Waals surface area contributed by atoms with Gasteiger partial charge in [-0.1, -0.05) is 31.5 Å². The SMILES string of the molecule is Cc1ccc(S(=O)(=O)N[C@@H](CC(C)C)C(=O)Nc2ccc(-c3cnc(C)o3)cc2)cc1. The highest BCUT2D eigenvalue weighted by molar-refractivity contribution is 7.89. The van der Waals surface area contributed by atoms with Crippen LogP contribution in [0.1, 0.15) is 31.7 Å². The summed E-state index contributed by atoms with van der Waals surface area (Å²) in [7, 11) is -3.83. The number of hydrogen-bond donors (Lipinski definition) is 2. The monoisotopic (exact) mass is 441 g/mol. The van der Waals surface area contributed by atoms with Crippen LogP contribution in [0.25, 0.3) is 11.3 Å². The van der Waals surface area contributed by atoms with Crippen molar-refractivity contribution in [2.75, 3.05) is 5.32 Å². The Labute approximate surface area is 183 Å². The second kappa shape index (κ2) is 9.45. The predicted octanol–water partition coefficient (Wildman–Crippen LogP) is 4.29. The van der Waals surface area contributed by atoms with Crippen molar-refractivity contribution in [3.05, 3.63) is 66.2 Å². The Morgan fingerprint density at radius 2 is 1.68 bits per heavy atom. The Morgan fingerprint density at radius 3 is 2.23 bits per heavy atom. The van der Waals surface area contributed by atoms with Crippen LogP contribution < -0.4 is 10.0 Å². The van der Waals surface area contributed by atoms with Gasteiger partial charge in [-0.05, 0) is 55.7 Å². The lowest BCUT2D eigenvalue weighted by Gasteiger charge is -2.20. The molecule has 2 aromatic carbocycles. The smallest absolute Gasteiger partial charge is 0.242 e. The summed E-state index contributed by atoms with van der Waals surface area (Å²) < 4.78 is 33.6. The number of aromatic nitrogens is 1. The number of benzene rings is 2. The number of sulfonamides is 1. The summed E-state index contributed by atoms with van der Waals surface area (Å²) in [5, 5.41) is 2.80. The van der Waals surface area contributed by atoms with E-state index in [0.29, 0.717) is 23.8 Å². The highest BCUT2D eigenvalue weighted by Crippen LogP contribution is 2.22. The van der Waals surface area contributed by atoms with Crippen LogP contribution in [-0.2, 0) is 14.8 Å². The number of amides is 1. The van der Waals surface area contributed by atoms with Crippen LogP contribution in [0.2, 0.25) is 0 Å². The van der Waals surface area contributed by atoms with E-state index in [2.05, 4.69) is 15.0 Å². The Morgan fingerprint density at radius 1 is 1.03 bits per heavy atom. The topological polar surface area (TPSA) is 101 Å². The Bertz CT molecular complexity index is 1130. The molecule has 8 heteroatoms. The van der Waals surface area contributed by atoms with Gasteiger partial charge in [-0.15, -0.1) is 0 Å². The second-order valence-corrected chi connectivity index (χ2v) is 9.64. The summed E-state index contributed by atoms with van der Waals surface area (Å²) in [4.78, 5) is 17.1. The summed E-state index contributed by atoms with van der Waals surface area (Å²) in [6, 6.07) is 12.7. The van der Waals surface area contributed by atoms with Gasteiger partial charge in [0.2, 0.25) is 15.9 Å². The van der Waals surface area contributed by atoms with Gasteiger partial charge in [0.1, 0.15) is 6.04 Å². The molecule has 0 saturated heterocycles. The first-order chi connectivity index (χ1) is 14.6. The molecule has 0 fully saturated rings. The van der Waals surface area contributed by atoms with Crippen LogP contribution >= 0.6 is 0 Å². The van der Waals surface area contributed by atoms with E-state index >= 15 is 0 Å². The van der Waals surface area contributed by atoms with Gasteiger partial charge in [0.05, 0.1) is 11.1 Å². The normalized spacial score (nSPS) is 12.7. The molecule has 0 radical (unpaired) electrons. The Kier molecular flexibility index (Phi) is 6.92. The zero-order valence-corrected chi connectivity index (χ0v) is 18.9. The van der Waals surface area contributed by atoms with Crippen molar-refractivity contribution >= 4 is 21.6 Å². The molecular weight excluding hydrogens is 414 g/mol. The van der Waals surface area contributed by atoms with E-state index in [1.54, 1.807) is 37.4 Å². The van der Waals surface area contributed by atoms with E-state index in [1.807, 2.05) is 32.9 Å². The molecule has 1 atom stereocenters. The molecule has 0 bridgehead atoms. The largest absolute Gasteiger partial charge is 0.441 e. The fourth-order valence-corrected chi connectivity index (χ4v) is 4.30. The zero-order chi connectivity index (χ0) is 22.6. The van der Waals surface area contributed by atoms with Gasteiger partial charge >= 0.3 is 0 Å².